The van der Waals surface area contributed by atoms with Crippen molar-refractivity contribution < 1.29 is 47.6 Å². The van der Waals surface area contributed by atoms with E-state index in [0.29, 0.717) is 12.8 Å². The van der Waals surface area contributed by atoms with Crippen LogP contribution in [0.4, 0.5) is 0 Å². The quantitative estimate of drug-likeness (QED) is 0.209. The predicted molar refractivity (Wildman–Crippen MR) is 97.3 cm³/mol. The third kappa shape index (κ3) is 8.61. The van der Waals surface area contributed by atoms with Gasteiger partial charge in [-0.25, -0.2) is 0 Å². The molecule has 0 unspecified atom stereocenters. The van der Waals surface area contributed by atoms with E-state index in [9.17, 15) is 19.2 Å². The normalized spacial score (nSPS) is 24.3. The van der Waals surface area contributed by atoms with E-state index in [0.717, 1.165) is 0 Å². The van der Waals surface area contributed by atoms with E-state index in [4.69, 9.17) is 28.4 Å². The van der Waals surface area contributed by atoms with Crippen molar-refractivity contribution >= 4 is 23.9 Å². The molecule has 0 saturated carbocycles. The maximum absolute atomic E-state index is 11.6. The average molecular weight is 416 g/mol. The molecule has 1 aliphatic rings. The number of esters is 4. The van der Waals surface area contributed by atoms with Crippen LogP contribution in [0.3, 0.4) is 0 Å². The van der Waals surface area contributed by atoms with E-state index in [1.807, 2.05) is 0 Å². The zero-order valence-corrected chi connectivity index (χ0v) is 17.1. The number of hydrogen-bond acceptors (Lipinski definition) is 10. The Balaban J connectivity index is 3.11. The number of ether oxygens (including phenoxy) is 6. The van der Waals surface area contributed by atoms with Crippen LogP contribution in [0.2, 0.25) is 0 Å². The van der Waals surface area contributed by atoms with Crippen molar-refractivity contribution in [2.45, 2.75) is 71.2 Å². The molecular formula is C19H28O10. The zero-order valence-electron chi connectivity index (χ0n) is 17.1. The molecule has 10 heteroatoms. The maximum Gasteiger partial charge on any atom is 0.303 e. The summed E-state index contributed by atoms with van der Waals surface area (Å²) >= 11 is 0. The van der Waals surface area contributed by atoms with Crippen molar-refractivity contribution in [2.24, 2.45) is 0 Å². The molecule has 5 atom stereocenters. The molecule has 1 fully saturated rings. The molecule has 0 spiro atoms. The second-order valence-electron chi connectivity index (χ2n) is 6.37. The molecule has 0 radical (unpaired) electrons. The van der Waals surface area contributed by atoms with Crippen LogP contribution in [0.5, 0.6) is 0 Å². The SMILES string of the molecule is C=CCCCO[C@H]1O[C@H]([C@@H](COC(C)=O)OC(C)=O)[C@H](OC(C)=O)[C@@H]1OC(C)=O. The van der Waals surface area contributed by atoms with Gasteiger partial charge in [0.25, 0.3) is 0 Å². The Morgan fingerprint density at radius 1 is 0.966 bits per heavy atom. The van der Waals surface area contributed by atoms with Crippen molar-refractivity contribution in [3.8, 4) is 0 Å². The number of allylic oxidation sites excluding steroid dienone is 1. The largest absolute Gasteiger partial charge is 0.462 e. The van der Waals surface area contributed by atoms with Gasteiger partial charge < -0.3 is 28.4 Å². The first kappa shape index (κ1) is 24.6. The van der Waals surface area contributed by atoms with Gasteiger partial charge in [-0.15, -0.1) is 6.58 Å². The summed E-state index contributed by atoms with van der Waals surface area (Å²) in [5, 5.41) is 0. The number of hydrogen-bond donors (Lipinski definition) is 0. The molecule has 0 amide bonds. The summed E-state index contributed by atoms with van der Waals surface area (Å²) < 4.78 is 32.2. The Labute approximate surface area is 169 Å². The van der Waals surface area contributed by atoms with E-state index in [1.165, 1.54) is 27.7 Å². The molecule has 0 N–H and O–H groups in total. The third-order valence-electron chi connectivity index (χ3n) is 3.78. The first-order chi connectivity index (χ1) is 13.6. The van der Waals surface area contributed by atoms with E-state index in [2.05, 4.69) is 6.58 Å². The van der Waals surface area contributed by atoms with Gasteiger partial charge in [0, 0.05) is 27.7 Å². The number of carbonyl (C=O) groups excluding carboxylic acids is 4. The molecule has 0 aromatic rings. The van der Waals surface area contributed by atoms with Gasteiger partial charge in [0.2, 0.25) is 0 Å². The summed E-state index contributed by atoms with van der Waals surface area (Å²) in [5.74, 6) is -2.56. The van der Waals surface area contributed by atoms with Crippen molar-refractivity contribution in [2.75, 3.05) is 13.2 Å². The average Bonchev–Trinajstić information content (AvgIpc) is 2.91. The van der Waals surface area contributed by atoms with Gasteiger partial charge in [0.1, 0.15) is 12.7 Å². The van der Waals surface area contributed by atoms with Crippen LogP contribution in [-0.2, 0) is 47.6 Å². The second-order valence-corrected chi connectivity index (χ2v) is 6.37. The first-order valence-corrected chi connectivity index (χ1v) is 9.18. The van der Waals surface area contributed by atoms with Crippen LogP contribution < -0.4 is 0 Å². The lowest BCUT2D eigenvalue weighted by atomic mass is 10.1. The van der Waals surface area contributed by atoms with Gasteiger partial charge in [-0.3, -0.25) is 19.2 Å². The monoisotopic (exact) mass is 416 g/mol. The van der Waals surface area contributed by atoms with Crippen LogP contribution in [0.25, 0.3) is 0 Å². The molecule has 10 nitrogen and oxygen atoms in total. The minimum Gasteiger partial charge on any atom is -0.462 e. The van der Waals surface area contributed by atoms with Crippen molar-refractivity contribution in [1.29, 1.82) is 0 Å². The lowest BCUT2D eigenvalue weighted by molar-refractivity contribution is -0.199. The van der Waals surface area contributed by atoms with E-state index >= 15 is 0 Å². The third-order valence-corrected chi connectivity index (χ3v) is 3.78. The van der Waals surface area contributed by atoms with Gasteiger partial charge >= 0.3 is 23.9 Å². The molecule has 1 aliphatic heterocycles. The highest BCUT2D eigenvalue weighted by molar-refractivity contribution is 5.68. The lowest BCUT2D eigenvalue weighted by Gasteiger charge is -2.27. The van der Waals surface area contributed by atoms with Crippen molar-refractivity contribution in [1.82, 2.24) is 0 Å². The van der Waals surface area contributed by atoms with Gasteiger partial charge in [0.15, 0.2) is 24.6 Å². The summed E-state index contributed by atoms with van der Waals surface area (Å²) in [7, 11) is 0. The fourth-order valence-electron chi connectivity index (χ4n) is 2.76. The van der Waals surface area contributed by atoms with Crippen LogP contribution in [0.1, 0.15) is 40.5 Å². The minimum absolute atomic E-state index is 0.260. The zero-order chi connectivity index (χ0) is 22.0. The smallest absolute Gasteiger partial charge is 0.303 e. The van der Waals surface area contributed by atoms with Gasteiger partial charge in [-0.1, -0.05) is 6.08 Å². The molecule has 0 aliphatic carbocycles. The molecule has 0 aromatic carbocycles. The molecule has 29 heavy (non-hydrogen) atoms. The first-order valence-electron chi connectivity index (χ1n) is 9.18. The van der Waals surface area contributed by atoms with Crippen LogP contribution in [0.15, 0.2) is 12.7 Å². The molecule has 164 valence electrons. The Bertz CT molecular complexity index is 602. The Morgan fingerprint density at radius 2 is 1.59 bits per heavy atom. The molecule has 0 aromatic heterocycles. The summed E-state index contributed by atoms with van der Waals surface area (Å²) in [6.45, 7) is 8.27. The fraction of sp³-hybridized carbons (Fsp3) is 0.684. The molecular weight excluding hydrogens is 388 g/mol. The molecule has 1 saturated heterocycles. The highest BCUT2D eigenvalue weighted by atomic mass is 16.7. The summed E-state index contributed by atoms with van der Waals surface area (Å²) in [6, 6.07) is 0. The van der Waals surface area contributed by atoms with Gasteiger partial charge in [-0.2, -0.15) is 0 Å². The standard InChI is InChI=1S/C19H28O10/c1-6-7-8-9-24-19-18(28-14(5)23)17(27-13(4)22)16(29-19)15(26-12(3)21)10-25-11(2)20/h6,15-19H,1,7-10H2,2-5H3/t15-,16-,17+,18+,19+/m1/s1. The topological polar surface area (TPSA) is 124 Å². The highest BCUT2D eigenvalue weighted by Crippen LogP contribution is 2.31. The predicted octanol–water partition coefficient (Wildman–Crippen LogP) is 1.05. The van der Waals surface area contributed by atoms with E-state index < -0.39 is 54.6 Å². The Hall–Kier alpha value is -2.46. The molecule has 1 heterocycles. The summed E-state index contributed by atoms with van der Waals surface area (Å²) in [5.41, 5.74) is 0. The number of carbonyl (C=O) groups is 4. The highest BCUT2D eigenvalue weighted by Gasteiger charge is 2.54. The van der Waals surface area contributed by atoms with Crippen LogP contribution in [-0.4, -0.2) is 67.8 Å². The van der Waals surface area contributed by atoms with Gasteiger partial charge in [0.05, 0.1) is 6.61 Å². The van der Waals surface area contributed by atoms with Gasteiger partial charge in [-0.05, 0) is 12.8 Å². The Kier molecular flexibility index (Phi) is 10.3. The molecule has 1 rings (SSSR count). The minimum atomic E-state index is -1.14. The van der Waals surface area contributed by atoms with Crippen molar-refractivity contribution in [3.63, 3.8) is 0 Å². The lowest BCUT2D eigenvalue weighted by Crippen LogP contribution is -2.46. The van der Waals surface area contributed by atoms with E-state index in [1.54, 1.807) is 6.08 Å². The van der Waals surface area contributed by atoms with Crippen LogP contribution in [0, 0.1) is 0 Å². The summed E-state index contributed by atoms with van der Waals surface area (Å²) in [6.07, 6.45) is -2.45. The number of rotatable bonds is 11. The van der Waals surface area contributed by atoms with E-state index in [-0.39, 0.29) is 13.2 Å². The second kappa shape index (κ2) is 12.2. The maximum atomic E-state index is 11.6. The number of unbranched alkanes of at least 4 members (excludes halogenated alkanes) is 1. The molecule has 0 bridgehead atoms. The fourth-order valence-corrected chi connectivity index (χ4v) is 2.76. The van der Waals surface area contributed by atoms with Crippen molar-refractivity contribution in [3.05, 3.63) is 12.7 Å². The summed E-state index contributed by atoms with van der Waals surface area (Å²) in [4.78, 5) is 45.9. The van der Waals surface area contributed by atoms with Crippen LogP contribution >= 0.6 is 0 Å². The Morgan fingerprint density at radius 3 is 2.10 bits per heavy atom.